The Morgan fingerprint density at radius 3 is 2.48 bits per heavy atom. The lowest BCUT2D eigenvalue weighted by Crippen LogP contribution is -2.51. The number of halogens is 1. The number of likely N-dealkylation sites (tertiary alicyclic amines) is 1. The number of aliphatic imine (C=N–C) groups is 1. The minimum atomic E-state index is -0.203. The fraction of sp³-hybridized carbons (Fsp3) is 0.889. The molecule has 1 amide bonds. The SMILES string of the molecule is CCC(CC)C(CNC(=NC)N1CCCC(CC(N)=O)C1)N(C)C.I. The monoisotopic (exact) mass is 467 g/mol. The number of carbonyl (C=O) groups excluding carboxylic acids is 1. The molecule has 1 aliphatic heterocycles. The molecule has 0 bridgehead atoms. The second-order valence-electron chi connectivity index (χ2n) is 7.16. The molecular weight excluding hydrogens is 429 g/mol. The average Bonchev–Trinajstić information content (AvgIpc) is 2.54. The maximum atomic E-state index is 11.2. The molecule has 25 heavy (non-hydrogen) atoms. The molecule has 3 N–H and O–H groups in total. The zero-order chi connectivity index (χ0) is 18.1. The fourth-order valence-corrected chi connectivity index (χ4v) is 3.84. The van der Waals surface area contributed by atoms with Crippen molar-refractivity contribution in [1.82, 2.24) is 15.1 Å². The van der Waals surface area contributed by atoms with Gasteiger partial charge in [0.05, 0.1) is 0 Å². The van der Waals surface area contributed by atoms with Gasteiger partial charge in [-0.25, -0.2) is 0 Å². The second-order valence-corrected chi connectivity index (χ2v) is 7.16. The lowest BCUT2D eigenvalue weighted by atomic mass is 9.93. The number of amides is 1. The van der Waals surface area contributed by atoms with E-state index < -0.39 is 0 Å². The van der Waals surface area contributed by atoms with Gasteiger partial charge in [-0.05, 0) is 38.8 Å². The fourth-order valence-electron chi connectivity index (χ4n) is 3.84. The highest BCUT2D eigenvalue weighted by atomic mass is 127. The van der Waals surface area contributed by atoms with Gasteiger partial charge in [-0.1, -0.05) is 26.7 Å². The van der Waals surface area contributed by atoms with E-state index in [1.807, 2.05) is 7.05 Å². The molecule has 0 radical (unpaired) electrons. The van der Waals surface area contributed by atoms with Crippen LogP contribution in [0.4, 0.5) is 0 Å². The Morgan fingerprint density at radius 1 is 1.36 bits per heavy atom. The number of nitrogens with one attached hydrogen (secondary N) is 1. The van der Waals surface area contributed by atoms with Crippen molar-refractivity contribution in [3.8, 4) is 0 Å². The maximum Gasteiger partial charge on any atom is 0.217 e. The van der Waals surface area contributed by atoms with Crippen molar-refractivity contribution in [2.75, 3.05) is 40.8 Å². The van der Waals surface area contributed by atoms with Gasteiger partial charge in [0, 0.05) is 39.1 Å². The van der Waals surface area contributed by atoms with Crippen LogP contribution in [-0.2, 0) is 4.79 Å². The van der Waals surface area contributed by atoms with Gasteiger partial charge >= 0.3 is 0 Å². The molecule has 0 saturated carbocycles. The first-order valence-electron chi connectivity index (χ1n) is 9.33. The third-order valence-electron chi connectivity index (χ3n) is 5.25. The van der Waals surface area contributed by atoms with E-state index in [9.17, 15) is 4.79 Å². The van der Waals surface area contributed by atoms with Crippen LogP contribution in [0, 0.1) is 11.8 Å². The van der Waals surface area contributed by atoms with Crippen LogP contribution in [0.2, 0.25) is 0 Å². The van der Waals surface area contributed by atoms with E-state index in [0.717, 1.165) is 38.4 Å². The number of carbonyl (C=O) groups is 1. The second kappa shape index (κ2) is 12.7. The summed E-state index contributed by atoms with van der Waals surface area (Å²) in [6.45, 7) is 7.27. The summed E-state index contributed by atoms with van der Waals surface area (Å²) < 4.78 is 0. The van der Waals surface area contributed by atoms with Gasteiger partial charge in [-0.2, -0.15) is 0 Å². The number of hydrogen-bond donors (Lipinski definition) is 2. The molecule has 2 unspecified atom stereocenters. The smallest absolute Gasteiger partial charge is 0.217 e. The van der Waals surface area contributed by atoms with Crippen molar-refractivity contribution in [1.29, 1.82) is 0 Å². The number of primary amides is 1. The Hall–Kier alpha value is -0.570. The quantitative estimate of drug-likeness (QED) is 0.326. The highest BCUT2D eigenvalue weighted by Gasteiger charge is 2.25. The van der Waals surface area contributed by atoms with E-state index in [0.29, 0.717) is 24.3 Å². The largest absolute Gasteiger partial charge is 0.370 e. The highest BCUT2D eigenvalue weighted by molar-refractivity contribution is 14.0. The number of guanidine groups is 1. The number of piperidine rings is 1. The Bertz CT molecular complexity index is 412. The zero-order valence-corrected chi connectivity index (χ0v) is 19.0. The average molecular weight is 467 g/mol. The summed E-state index contributed by atoms with van der Waals surface area (Å²) in [4.78, 5) is 20.2. The van der Waals surface area contributed by atoms with Crippen molar-refractivity contribution in [3.63, 3.8) is 0 Å². The van der Waals surface area contributed by atoms with Crippen molar-refractivity contribution in [2.24, 2.45) is 22.6 Å². The predicted molar refractivity (Wildman–Crippen MR) is 116 cm³/mol. The summed E-state index contributed by atoms with van der Waals surface area (Å²) in [7, 11) is 6.14. The molecule has 1 heterocycles. The van der Waals surface area contributed by atoms with Crippen LogP contribution < -0.4 is 11.1 Å². The van der Waals surface area contributed by atoms with E-state index in [-0.39, 0.29) is 29.9 Å². The van der Waals surface area contributed by atoms with Gasteiger partial charge < -0.3 is 20.9 Å². The van der Waals surface area contributed by atoms with Crippen LogP contribution in [0.5, 0.6) is 0 Å². The van der Waals surface area contributed by atoms with Crippen LogP contribution in [0.15, 0.2) is 4.99 Å². The van der Waals surface area contributed by atoms with Gasteiger partial charge in [0.2, 0.25) is 5.91 Å². The molecule has 0 aliphatic carbocycles. The third kappa shape index (κ3) is 8.11. The van der Waals surface area contributed by atoms with E-state index in [4.69, 9.17) is 5.73 Å². The van der Waals surface area contributed by atoms with Gasteiger partial charge in [0.15, 0.2) is 5.96 Å². The van der Waals surface area contributed by atoms with Gasteiger partial charge in [0.25, 0.3) is 0 Å². The number of likely N-dealkylation sites (N-methyl/N-ethyl adjacent to an activating group) is 1. The van der Waals surface area contributed by atoms with Crippen LogP contribution in [0.3, 0.4) is 0 Å². The lowest BCUT2D eigenvalue weighted by molar-refractivity contribution is -0.119. The Balaban J connectivity index is 0.00000576. The number of nitrogens with two attached hydrogens (primary N) is 1. The Kier molecular flexibility index (Phi) is 12.4. The minimum Gasteiger partial charge on any atom is -0.370 e. The molecule has 1 aliphatic rings. The van der Waals surface area contributed by atoms with Crippen molar-refractivity contribution >= 4 is 35.8 Å². The molecule has 2 atom stereocenters. The molecule has 1 fully saturated rings. The summed E-state index contributed by atoms with van der Waals surface area (Å²) >= 11 is 0. The molecule has 0 aromatic heterocycles. The number of hydrogen-bond acceptors (Lipinski definition) is 3. The first kappa shape index (κ1) is 24.4. The molecule has 0 aromatic rings. The van der Waals surface area contributed by atoms with Crippen LogP contribution >= 0.6 is 24.0 Å². The summed E-state index contributed by atoms with van der Waals surface area (Å²) in [6.07, 6.45) is 5.00. The summed E-state index contributed by atoms with van der Waals surface area (Å²) in [6, 6.07) is 0.489. The van der Waals surface area contributed by atoms with E-state index >= 15 is 0 Å². The summed E-state index contributed by atoms with van der Waals surface area (Å²) in [5, 5.41) is 3.56. The maximum absolute atomic E-state index is 11.2. The van der Waals surface area contributed by atoms with Crippen molar-refractivity contribution < 1.29 is 4.79 Å². The van der Waals surface area contributed by atoms with Crippen LogP contribution in [0.25, 0.3) is 0 Å². The van der Waals surface area contributed by atoms with E-state index in [1.165, 1.54) is 12.8 Å². The lowest BCUT2D eigenvalue weighted by Gasteiger charge is -2.37. The van der Waals surface area contributed by atoms with Crippen molar-refractivity contribution in [3.05, 3.63) is 0 Å². The molecule has 7 heteroatoms. The summed E-state index contributed by atoms with van der Waals surface area (Å²) in [5.74, 6) is 1.77. The first-order chi connectivity index (χ1) is 11.4. The third-order valence-corrected chi connectivity index (χ3v) is 5.25. The van der Waals surface area contributed by atoms with Gasteiger partial charge in [-0.3, -0.25) is 9.79 Å². The highest BCUT2D eigenvalue weighted by Crippen LogP contribution is 2.20. The van der Waals surface area contributed by atoms with Crippen molar-refractivity contribution in [2.45, 2.75) is 52.0 Å². The molecule has 1 saturated heterocycles. The van der Waals surface area contributed by atoms with E-state index in [2.05, 4.69) is 48.1 Å². The Labute approximate surface area is 171 Å². The molecule has 148 valence electrons. The summed E-state index contributed by atoms with van der Waals surface area (Å²) in [5.41, 5.74) is 5.36. The van der Waals surface area contributed by atoms with Crippen LogP contribution in [0.1, 0.15) is 46.0 Å². The van der Waals surface area contributed by atoms with E-state index in [1.54, 1.807) is 0 Å². The Morgan fingerprint density at radius 2 is 2.00 bits per heavy atom. The molecule has 0 aromatic carbocycles. The standard InChI is InChI=1S/C18H37N5O.HI/c1-6-15(7-2)16(22(4)5)12-21-18(20-3)23-10-8-9-14(13-23)11-17(19)24;/h14-16H,6-13H2,1-5H3,(H2,19,24)(H,20,21);1H. The van der Waals surface area contributed by atoms with Gasteiger partial charge in [-0.15, -0.1) is 24.0 Å². The minimum absolute atomic E-state index is 0. The number of nitrogens with zero attached hydrogens (tertiary/aromatic N) is 3. The number of rotatable bonds is 8. The topological polar surface area (TPSA) is 74.0 Å². The normalized spacial score (nSPS) is 19.7. The molecular formula is C18H38IN5O. The predicted octanol–water partition coefficient (Wildman–Crippen LogP) is 2.13. The van der Waals surface area contributed by atoms with Crippen LogP contribution in [-0.4, -0.2) is 68.5 Å². The molecule has 0 spiro atoms. The molecule has 6 nitrogen and oxygen atoms in total. The first-order valence-corrected chi connectivity index (χ1v) is 9.33. The van der Waals surface area contributed by atoms with Gasteiger partial charge in [0.1, 0.15) is 0 Å². The zero-order valence-electron chi connectivity index (χ0n) is 16.6. The molecule has 1 rings (SSSR count).